The Labute approximate surface area is 158 Å². The van der Waals surface area contributed by atoms with Gasteiger partial charge in [-0.25, -0.2) is 4.79 Å². The van der Waals surface area contributed by atoms with E-state index in [-0.39, 0.29) is 6.03 Å². The summed E-state index contributed by atoms with van der Waals surface area (Å²) in [4.78, 5) is 16.5. The van der Waals surface area contributed by atoms with Crippen molar-refractivity contribution in [1.29, 1.82) is 0 Å². The largest absolute Gasteiger partial charge is 0.493 e. The van der Waals surface area contributed by atoms with Crippen LogP contribution in [0.25, 0.3) is 0 Å². The monoisotopic (exact) mass is 375 g/mol. The van der Waals surface area contributed by atoms with E-state index < -0.39 is 0 Å². The summed E-state index contributed by atoms with van der Waals surface area (Å²) in [5.41, 5.74) is 1.68. The van der Waals surface area contributed by atoms with Gasteiger partial charge >= 0.3 is 6.03 Å². The molecule has 0 bridgehead atoms. The predicted molar refractivity (Wildman–Crippen MR) is 104 cm³/mol. The summed E-state index contributed by atoms with van der Waals surface area (Å²) in [5.74, 6) is 1.20. The molecule has 7 heteroatoms. The highest BCUT2D eigenvalue weighted by Crippen LogP contribution is 2.30. The Hall–Kier alpha value is -2.60. The maximum atomic E-state index is 12.5. The third kappa shape index (κ3) is 3.96. The predicted octanol–water partition coefficient (Wildman–Crippen LogP) is 3.71. The van der Waals surface area contributed by atoms with Gasteiger partial charge in [-0.2, -0.15) is 0 Å². The Kier molecular flexibility index (Phi) is 5.73. The van der Waals surface area contributed by atoms with Gasteiger partial charge in [-0.05, 0) is 24.3 Å². The molecule has 0 aromatic heterocycles. The molecule has 1 aliphatic heterocycles. The van der Waals surface area contributed by atoms with Crippen molar-refractivity contribution < 1.29 is 14.3 Å². The van der Waals surface area contributed by atoms with Crippen LogP contribution in [-0.2, 0) is 0 Å². The first-order valence-corrected chi connectivity index (χ1v) is 8.77. The zero-order chi connectivity index (χ0) is 18.5. The first-order chi connectivity index (χ1) is 12.6. The van der Waals surface area contributed by atoms with Crippen LogP contribution in [0.2, 0.25) is 5.02 Å². The van der Waals surface area contributed by atoms with Gasteiger partial charge in [0.2, 0.25) is 0 Å². The third-order valence-corrected chi connectivity index (χ3v) is 4.71. The molecule has 1 heterocycles. The first kappa shape index (κ1) is 18.2. The summed E-state index contributed by atoms with van der Waals surface area (Å²) in [7, 11) is 3.14. The fourth-order valence-corrected chi connectivity index (χ4v) is 3.23. The number of methoxy groups -OCH3 is 2. The number of piperazine rings is 1. The minimum atomic E-state index is -0.129. The number of para-hydroxylation sites is 1. The molecule has 6 nitrogen and oxygen atoms in total. The lowest BCUT2D eigenvalue weighted by molar-refractivity contribution is 0.208. The second kappa shape index (κ2) is 8.19. The maximum Gasteiger partial charge on any atom is 0.321 e. The summed E-state index contributed by atoms with van der Waals surface area (Å²) in [6, 6.07) is 12.9. The van der Waals surface area contributed by atoms with Crippen molar-refractivity contribution in [3.05, 3.63) is 47.5 Å². The van der Waals surface area contributed by atoms with Crippen molar-refractivity contribution >= 4 is 29.0 Å². The van der Waals surface area contributed by atoms with Gasteiger partial charge in [0, 0.05) is 37.9 Å². The number of rotatable bonds is 4. The highest BCUT2D eigenvalue weighted by molar-refractivity contribution is 6.33. The van der Waals surface area contributed by atoms with E-state index in [1.807, 2.05) is 24.3 Å². The van der Waals surface area contributed by atoms with Crippen molar-refractivity contribution in [2.45, 2.75) is 0 Å². The average molecular weight is 376 g/mol. The number of urea groups is 1. The number of amides is 2. The van der Waals surface area contributed by atoms with Crippen LogP contribution < -0.4 is 19.7 Å². The molecule has 0 spiro atoms. The van der Waals surface area contributed by atoms with E-state index >= 15 is 0 Å². The van der Waals surface area contributed by atoms with Gasteiger partial charge in [-0.1, -0.05) is 23.7 Å². The highest BCUT2D eigenvalue weighted by atomic mass is 35.5. The summed E-state index contributed by atoms with van der Waals surface area (Å²) in [6.07, 6.45) is 0. The van der Waals surface area contributed by atoms with Crippen LogP contribution in [-0.4, -0.2) is 51.3 Å². The summed E-state index contributed by atoms with van der Waals surface area (Å²) < 4.78 is 10.5. The quantitative estimate of drug-likeness (QED) is 0.885. The molecule has 0 saturated carbocycles. The molecule has 3 rings (SSSR count). The van der Waals surface area contributed by atoms with Crippen molar-refractivity contribution in [3.8, 4) is 11.5 Å². The Bertz CT molecular complexity index is 776. The van der Waals surface area contributed by atoms with Gasteiger partial charge in [-0.3, -0.25) is 0 Å². The Morgan fingerprint density at radius 1 is 1.00 bits per heavy atom. The van der Waals surface area contributed by atoms with Gasteiger partial charge in [0.15, 0.2) is 11.5 Å². The van der Waals surface area contributed by atoms with E-state index in [9.17, 15) is 4.79 Å². The lowest BCUT2D eigenvalue weighted by atomic mass is 10.2. The zero-order valence-electron chi connectivity index (χ0n) is 14.9. The van der Waals surface area contributed by atoms with Gasteiger partial charge in [0.25, 0.3) is 0 Å². The molecule has 138 valence electrons. The number of carbonyl (C=O) groups excluding carboxylic acids is 1. The number of anilines is 2. The molecular formula is C19H22ClN3O3. The summed E-state index contributed by atoms with van der Waals surface area (Å²) >= 11 is 6.26. The molecular weight excluding hydrogens is 354 g/mol. The highest BCUT2D eigenvalue weighted by Gasteiger charge is 2.22. The van der Waals surface area contributed by atoms with Crippen LogP contribution in [0, 0.1) is 0 Å². The molecule has 1 aliphatic rings. The second-order valence-electron chi connectivity index (χ2n) is 5.93. The normalized spacial score (nSPS) is 14.1. The van der Waals surface area contributed by atoms with E-state index in [0.717, 1.165) is 23.8 Å². The van der Waals surface area contributed by atoms with Crippen LogP contribution in [0.15, 0.2) is 42.5 Å². The van der Waals surface area contributed by atoms with Crippen LogP contribution in [0.4, 0.5) is 16.2 Å². The fraction of sp³-hybridized carbons (Fsp3) is 0.316. The van der Waals surface area contributed by atoms with Crippen molar-refractivity contribution in [2.24, 2.45) is 0 Å². The number of hydrogen-bond donors (Lipinski definition) is 1. The first-order valence-electron chi connectivity index (χ1n) is 8.40. The molecule has 26 heavy (non-hydrogen) atoms. The second-order valence-corrected chi connectivity index (χ2v) is 6.33. The molecule has 2 aromatic carbocycles. The van der Waals surface area contributed by atoms with Crippen LogP contribution in [0.5, 0.6) is 11.5 Å². The summed E-state index contributed by atoms with van der Waals surface area (Å²) in [6.45, 7) is 2.74. The minimum absolute atomic E-state index is 0.129. The number of ether oxygens (including phenoxy) is 2. The van der Waals surface area contributed by atoms with E-state index in [0.29, 0.717) is 30.3 Å². The topological polar surface area (TPSA) is 54.0 Å². The number of hydrogen-bond acceptors (Lipinski definition) is 4. The number of carbonyl (C=O) groups is 1. The fourth-order valence-electron chi connectivity index (χ4n) is 2.98. The molecule has 2 amide bonds. The summed E-state index contributed by atoms with van der Waals surface area (Å²) in [5, 5.41) is 3.64. The van der Waals surface area contributed by atoms with Crippen molar-refractivity contribution in [2.75, 3.05) is 50.6 Å². The van der Waals surface area contributed by atoms with Gasteiger partial charge in [-0.15, -0.1) is 0 Å². The molecule has 1 N–H and O–H groups in total. The van der Waals surface area contributed by atoms with E-state index in [2.05, 4.69) is 10.2 Å². The average Bonchev–Trinajstić information content (AvgIpc) is 2.68. The molecule has 0 atom stereocenters. The van der Waals surface area contributed by atoms with Crippen molar-refractivity contribution in [1.82, 2.24) is 4.90 Å². The Balaban J connectivity index is 1.60. The van der Waals surface area contributed by atoms with Gasteiger partial charge in [0.1, 0.15) is 0 Å². The van der Waals surface area contributed by atoms with E-state index in [1.54, 1.807) is 37.3 Å². The van der Waals surface area contributed by atoms with Gasteiger partial charge in [0.05, 0.1) is 24.9 Å². The molecule has 0 unspecified atom stereocenters. The maximum absolute atomic E-state index is 12.5. The number of benzene rings is 2. The number of nitrogens with one attached hydrogen (secondary N) is 1. The SMILES string of the molecule is COc1ccc(NC(=O)N2CCN(c3ccccc3Cl)CC2)cc1OC. The third-order valence-electron chi connectivity index (χ3n) is 4.39. The van der Waals surface area contributed by atoms with E-state index in [4.69, 9.17) is 21.1 Å². The standard InChI is InChI=1S/C19H22ClN3O3/c1-25-17-8-7-14(13-18(17)26-2)21-19(24)23-11-9-22(10-12-23)16-6-4-3-5-15(16)20/h3-8,13H,9-12H2,1-2H3,(H,21,24). The smallest absolute Gasteiger partial charge is 0.321 e. The molecule has 2 aromatic rings. The molecule has 0 radical (unpaired) electrons. The lowest BCUT2D eigenvalue weighted by Gasteiger charge is -2.36. The van der Waals surface area contributed by atoms with Crippen LogP contribution in [0.3, 0.4) is 0 Å². The number of nitrogens with zero attached hydrogens (tertiary/aromatic N) is 2. The Morgan fingerprint density at radius 3 is 2.35 bits per heavy atom. The number of halogens is 1. The molecule has 0 aliphatic carbocycles. The lowest BCUT2D eigenvalue weighted by Crippen LogP contribution is -2.50. The van der Waals surface area contributed by atoms with Crippen LogP contribution >= 0.6 is 11.6 Å². The zero-order valence-corrected chi connectivity index (χ0v) is 15.6. The minimum Gasteiger partial charge on any atom is -0.493 e. The van der Waals surface area contributed by atoms with Gasteiger partial charge < -0.3 is 24.6 Å². The van der Waals surface area contributed by atoms with E-state index in [1.165, 1.54) is 0 Å². The van der Waals surface area contributed by atoms with Crippen molar-refractivity contribution in [3.63, 3.8) is 0 Å². The molecule has 1 fully saturated rings. The Morgan fingerprint density at radius 2 is 1.69 bits per heavy atom. The van der Waals surface area contributed by atoms with Crippen LogP contribution in [0.1, 0.15) is 0 Å². The molecule has 1 saturated heterocycles.